The Morgan fingerprint density at radius 1 is 1.43 bits per heavy atom. The fourth-order valence-electron chi connectivity index (χ4n) is 2.92. The number of hydrogen-bond acceptors (Lipinski definition) is 5. The van der Waals surface area contributed by atoms with Gasteiger partial charge in [0.15, 0.2) is 0 Å². The van der Waals surface area contributed by atoms with Crippen LogP contribution in [0.25, 0.3) is 0 Å². The second-order valence-corrected chi connectivity index (χ2v) is 5.86. The van der Waals surface area contributed by atoms with Gasteiger partial charge < -0.3 is 15.1 Å². The average Bonchev–Trinajstić information content (AvgIpc) is 2.96. The Morgan fingerprint density at radius 3 is 2.76 bits per heavy atom. The molecule has 1 aromatic rings. The third-order valence-electron chi connectivity index (χ3n) is 4.57. The molecule has 2 saturated heterocycles. The van der Waals surface area contributed by atoms with Gasteiger partial charge in [-0.25, -0.2) is 0 Å². The molecule has 0 bridgehead atoms. The van der Waals surface area contributed by atoms with Crippen LogP contribution in [0.2, 0.25) is 0 Å². The highest BCUT2D eigenvalue weighted by Gasteiger charge is 2.30. The zero-order chi connectivity index (χ0) is 14.7. The zero-order valence-electron chi connectivity index (χ0n) is 12.5. The number of carbonyl (C=O) groups excluding carboxylic acids is 1. The van der Waals surface area contributed by atoms with Crippen molar-refractivity contribution in [1.82, 2.24) is 20.4 Å². The molecule has 0 aliphatic carbocycles. The van der Waals surface area contributed by atoms with Gasteiger partial charge in [-0.2, -0.15) is 0 Å². The number of hydrogen-bond donors (Lipinski definition) is 2. The van der Waals surface area contributed by atoms with Crippen molar-refractivity contribution in [2.75, 3.05) is 39.3 Å². The van der Waals surface area contributed by atoms with Crippen LogP contribution in [-0.2, 0) is 11.3 Å². The normalized spacial score (nSPS) is 22.7. The van der Waals surface area contributed by atoms with E-state index in [0.29, 0.717) is 12.6 Å². The molecular weight excluding hydrogens is 268 g/mol. The molecule has 21 heavy (non-hydrogen) atoms. The highest BCUT2D eigenvalue weighted by molar-refractivity contribution is 5.81. The first-order chi connectivity index (χ1) is 10.2. The Kier molecular flexibility index (Phi) is 4.57. The summed E-state index contributed by atoms with van der Waals surface area (Å²) >= 11 is 0. The topological polar surface area (TPSA) is 60.8 Å². The van der Waals surface area contributed by atoms with E-state index < -0.39 is 0 Å². The molecular formula is C15H24N4O2. The van der Waals surface area contributed by atoms with Gasteiger partial charge in [-0.1, -0.05) is 0 Å². The van der Waals surface area contributed by atoms with E-state index in [2.05, 4.69) is 20.4 Å². The van der Waals surface area contributed by atoms with Crippen LogP contribution < -0.4 is 10.6 Å². The maximum absolute atomic E-state index is 12.2. The average molecular weight is 292 g/mol. The van der Waals surface area contributed by atoms with Crippen molar-refractivity contribution in [3.63, 3.8) is 0 Å². The molecule has 3 heterocycles. The number of nitrogens with one attached hydrogen (secondary N) is 2. The lowest BCUT2D eigenvalue weighted by molar-refractivity contribution is -0.127. The lowest BCUT2D eigenvalue weighted by Crippen LogP contribution is -2.63. The maximum atomic E-state index is 12.2. The summed E-state index contributed by atoms with van der Waals surface area (Å²) in [4.78, 5) is 17.0. The van der Waals surface area contributed by atoms with E-state index in [4.69, 9.17) is 4.42 Å². The molecule has 3 rings (SSSR count). The predicted molar refractivity (Wildman–Crippen MR) is 79.8 cm³/mol. The van der Waals surface area contributed by atoms with Gasteiger partial charge in [-0.05, 0) is 19.1 Å². The van der Waals surface area contributed by atoms with Crippen LogP contribution in [0.4, 0.5) is 0 Å². The van der Waals surface area contributed by atoms with Crippen molar-refractivity contribution >= 4 is 5.91 Å². The summed E-state index contributed by atoms with van der Waals surface area (Å²) in [6.07, 6.45) is 1.62. The second kappa shape index (κ2) is 6.60. The largest absolute Gasteiger partial charge is 0.467 e. The summed E-state index contributed by atoms with van der Waals surface area (Å²) in [6, 6.07) is 4.33. The van der Waals surface area contributed by atoms with Gasteiger partial charge in [-0.3, -0.25) is 14.6 Å². The first-order valence-electron chi connectivity index (χ1n) is 7.73. The third kappa shape index (κ3) is 3.45. The summed E-state index contributed by atoms with van der Waals surface area (Å²) < 4.78 is 5.23. The molecule has 116 valence electrons. The molecule has 0 spiro atoms. The molecule has 2 aliphatic rings. The molecule has 1 unspecified atom stereocenters. The SMILES string of the molecule is CC(C(=O)NCc1ccco1)N1CCN(C2CNC2)CC1. The smallest absolute Gasteiger partial charge is 0.237 e. The fourth-order valence-corrected chi connectivity index (χ4v) is 2.92. The molecule has 0 aromatic carbocycles. The van der Waals surface area contributed by atoms with Crippen LogP contribution in [0.5, 0.6) is 0 Å². The molecule has 2 aliphatic heterocycles. The summed E-state index contributed by atoms with van der Waals surface area (Å²) in [6.45, 7) is 8.71. The van der Waals surface area contributed by atoms with Gasteiger partial charge in [0.05, 0.1) is 18.8 Å². The first-order valence-corrected chi connectivity index (χ1v) is 7.73. The zero-order valence-corrected chi connectivity index (χ0v) is 12.5. The lowest BCUT2D eigenvalue weighted by Gasteiger charge is -2.44. The molecule has 1 atom stereocenters. The highest BCUT2D eigenvalue weighted by atomic mass is 16.3. The van der Waals surface area contributed by atoms with Crippen molar-refractivity contribution in [1.29, 1.82) is 0 Å². The first kappa shape index (κ1) is 14.6. The van der Waals surface area contributed by atoms with Gasteiger partial charge in [0.1, 0.15) is 5.76 Å². The fraction of sp³-hybridized carbons (Fsp3) is 0.667. The number of carbonyl (C=O) groups is 1. The quantitative estimate of drug-likeness (QED) is 0.792. The number of nitrogens with zero attached hydrogens (tertiary/aromatic N) is 2. The van der Waals surface area contributed by atoms with Gasteiger partial charge in [0.25, 0.3) is 0 Å². The van der Waals surface area contributed by atoms with E-state index in [1.165, 1.54) is 0 Å². The summed E-state index contributed by atoms with van der Waals surface area (Å²) in [5, 5.41) is 6.25. The molecule has 1 amide bonds. The monoisotopic (exact) mass is 292 g/mol. The minimum atomic E-state index is -0.0818. The molecule has 1 aromatic heterocycles. The van der Waals surface area contributed by atoms with Crippen molar-refractivity contribution in [3.05, 3.63) is 24.2 Å². The molecule has 0 radical (unpaired) electrons. The number of furan rings is 1. The summed E-state index contributed by atoms with van der Waals surface area (Å²) in [5.41, 5.74) is 0. The van der Waals surface area contributed by atoms with Gasteiger partial charge in [0, 0.05) is 45.3 Å². The number of amides is 1. The van der Waals surface area contributed by atoms with E-state index in [-0.39, 0.29) is 11.9 Å². The van der Waals surface area contributed by atoms with Crippen LogP contribution in [0, 0.1) is 0 Å². The number of piperazine rings is 1. The van der Waals surface area contributed by atoms with E-state index in [0.717, 1.165) is 45.0 Å². The minimum absolute atomic E-state index is 0.0742. The van der Waals surface area contributed by atoms with E-state index >= 15 is 0 Å². The van der Waals surface area contributed by atoms with Gasteiger partial charge in [-0.15, -0.1) is 0 Å². The Balaban J connectivity index is 1.42. The Hall–Kier alpha value is -1.37. The molecule has 2 N–H and O–H groups in total. The van der Waals surface area contributed by atoms with Gasteiger partial charge in [0.2, 0.25) is 5.91 Å². The minimum Gasteiger partial charge on any atom is -0.467 e. The van der Waals surface area contributed by atoms with Crippen molar-refractivity contribution in [2.45, 2.75) is 25.6 Å². The summed E-state index contributed by atoms with van der Waals surface area (Å²) in [5.74, 6) is 0.864. The second-order valence-electron chi connectivity index (χ2n) is 5.86. The molecule has 6 nitrogen and oxygen atoms in total. The maximum Gasteiger partial charge on any atom is 0.237 e. The summed E-state index contributed by atoms with van der Waals surface area (Å²) in [7, 11) is 0. The lowest BCUT2D eigenvalue weighted by atomic mass is 10.1. The van der Waals surface area contributed by atoms with Gasteiger partial charge >= 0.3 is 0 Å². The molecule has 0 saturated carbocycles. The van der Waals surface area contributed by atoms with E-state index in [9.17, 15) is 4.79 Å². The van der Waals surface area contributed by atoms with Crippen LogP contribution in [-0.4, -0.2) is 67.1 Å². The number of rotatable bonds is 5. The van der Waals surface area contributed by atoms with Crippen molar-refractivity contribution in [2.24, 2.45) is 0 Å². The van der Waals surface area contributed by atoms with Crippen molar-refractivity contribution < 1.29 is 9.21 Å². The third-order valence-corrected chi connectivity index (χ3v) is 4.57. The highest BCUT2D eigenvalue weighted by Crippen LogP contribution is 2.12. The van der Waals surface area contributed by atoms with Crippen molar-refractivity contribution in [3.8, 4) is 0 Å². The van der Waals surface area contributed by atoms with E-state index in [1.807, 2.05) is 19.1 Å². The van der Waals surface area contributed by atoms with Crippen LogP contribution in [0.3, 0.4) is 0 Å². The standard InChI is InChI=1S/C15H24N4O2/c1-12(15(20)17-11-14-3-2-8-21-14)18-4-6-19(7-5-18)13-9-16-10-13/h2-3,8,12-13,16H,4-7,9-11H2,1H3,(H,17,20). The Bertz CT molecular complexity index is 450. The van der Waals surface area contributed by atoms with Crippen LogP contribution >= 0.6 is 0 Å². The molecule has 6 heteroatoms. The Morgan fingerprint density at radius 2 is 2.19 bits per heavy atom. The van der Waals surface area contributed by atoms with Crippen LogP contribution in [0.1, 0.15) is 12.7 Å². The predicted octanol–water partition coefficient (Wildman–Crippen LogP) is -0.126. The molecule has 2 fully saturated rings. The Labute approximate surface area is 125 Å². The van der Waals surface area contributed by atoms with Crippen LogP contribution in [0.15, 0.2) is 22.8 Å². The van der Waals surface area contributed by atoms with E-state index in [1.54, 1.807) is 6.26 Å².